The number of anilines is 1. The van der Waals surface area contributed by atoms with Gasteiger partial charge in [-0.05, 0) is 73.2 Å². The number of hydrogen-bond acceptors (Lipinski definition) is 5. The van der Waals surface area contributed by atoms with Crippen LogP contribution < -0.4 is 14.8 Å². The second kappa shape index (κ2) is 8.78. The molecular weight excluding hydrogens is 366 g/mol. The van der Waals surface area contributed by atoms with Crippen molar-refractivity contribution in [2.45, 2.75) is 11.8 Å². The van der Waals surface area contributed by atoms with Crippen LogP contribution in [0.5, 0.6) is 17.2 Å². The van der Waals surface area contributed by atoms with Crippen LogP contribution in [-0.4, -0.2) is 18.8 Å². The fourth-order valence-electron chi connectivity index (χ4n) is 2.32. The molecule has 0 fully saturated rings. The largest absolute Gasteiger partial charge is 0.494 e. The van der Waals surface area contributed by atoms with E-state index in [-0.39, 0.29) is 5.91 Å². The number of thiophene rings is 1. The molecule has 1 N–H and O–H groups in total. The fraction of sp³-hybridized carbons (Fsp3) is 0.150. The monoisotopic (exact) mass is 385 g/mol. The van der Waals surface area contributed by atoms with Crippen LogP contribution in [0.1, 0.15) is 16.6 Å². The highest BCUT2D eigenvalue weighted by Gasteiger charge is 2.12. The molecule has 0 aliphatic rings. The summed E-state index contributed by atoms with van der Waals surface area (Å²) in [6, 6.07) is 16.7. The van der Waals surface area contributed by atoms with Crippen LogP contribution in [0, 0.1) is 0 Å². The van der Waals surface area contributed by atoms with E-state index in [0.717, 1.165) is 27.0 Å². The number of thioether (sulfide) groups is 1. The van der Waals surface area contributed by atoms with Crippen molar-refractivity contribution in [3.8, 4) is 17.2 Å². The van der Waals surface area contributed by atoms with Crippen LogP contribution in [0.15, 0.2) is 64.9 Å². The van der Waals surface area contributed by atoms with E-state index in [2.05, 4.69) is 5.32 Å². The Labute approximate surface area is 161 Å². The molecule has 0 bridgehead atoms. The maximum absolute atomic E-state index is 12.4. The average Bonchev–Trinajstić information content (AvgIpc) is 3.14. The Morgan fingerprint density at radius 1 is 1.00 bits per heavy atom. The lowest BCUT2D eigenvalue weighted by molar-refractivity contribution is 0.102. The SMILES string of the molecule is CCOc1ccc(Oc2ccc(NC(=O)c3sccc3SC)cc2)cc1. The molecule has 0 unspecified atom stereocenters. The number of hydrogen-bond donors (Lipinski definition) is 1. The van der Waals surface area contributed by atoms with E-state index in [0.29, 0.717) is 12.4 Å². The summed E-state index contributed by atoms with van der Waals surface area (Å²) in [5, 5.41) is 4.84. The number of carbonyl (C=O) groups excluding carboxylic acids is 1. The van der Waals surface area contributed by atoms with Crippen molar-refractivity contribution in [2.75, 3.05) is 18.2 Å². The molecule has 0 atom stereocenters. The Kier molecular flexibility index (Phi) is 6.20. The van der Waals surface area contributed by atoms with E-state index in [1.807, 2.05) is 73.2 Å². The maximum Gasteiger partial charge on any atom is 0.266 e. The lowest BCUT2D eigenvalue weighted by atomic mass is 10.3. The molecule has 0 aliphatic carbocycles. The number of ether oxygens (including phenoxy) is 2. The van der Waals surface area contributed by atoms with E-state index in [4.69, 9.17) is 9.47 Å². The van der Waals surface area contributed by atoms with Crippen LogP contribution >= 0.6 is 23.1 Å². The van der Waals surface area contributed by atoms with Crippen LogP contribution in [-0.2, 0) is 0 Å². The molecular formula is C20H19NO3S2. The predicted molar refractivity (Wildman–Crippen MR) is 108 cm³/mol. The molecule has 0 spiro atoms. The van der Waals surface area contributed by atoms with Crippen molar-refractivity contribution in [3.63, 3.8) is 0 Å². The van der Waals surface area contributed by atoms with Gasteiger partial charge in [0.25, 0.3) is 5.91 Å². The van der Waals surface area contributed by atoms with Gasteiger partial charge < -0.3 is 14.8 Å². The third-order valence-electron chi connectivity index (χ3n) is 3.54. The van der Waals surface area contributed by atoms with Crippen LogP contribution in [0.2, 0.25) is 0 Å². The van der Waals surface area contributed by atoms with Gasteiger partial charge in [0, 0.05) is 10.6 Å². The van der Waals surface area contributed by atoms with E-state index in [1.54, 1.807) is 11.8 Å². The summed E-state index contributed by atoms with van der Waals surface area (Å²) in [4.78, 5) is 14.1. The van der Waals surface area contributed by atoms with E-state index < -0.39 is 0 Å². The van der Waals surface area contributed by atoms with Gasteiger partial charge >= 0.3 is 0 Å². The van der Waals surface area contributed by atoms with Crippen LogP contribution in [0.25, 0.3) is 0 Å². The van der Waals surface area contributed by atoms with Gasteiger partial charge in [-0.15, -0.1) is 23.1 Å². The van der Waals surface area contributed by atoms with Gasteiger partial charge in [0.05, 0.1) is 6.61 Å². The summed E-state index contributed by atoms with van der Waals surface area (Å²) < 4.78 is 11.2. The van der Waals surface area contributed by atoms with Gasteiger partial charge in [0.1, 0.15) is 22.1 Å². The summed E-state index contributed by atoms with van der Waals surface area (Å²) >= 11 is 3.01. The number of nitrogens with one attached hydrogen (secondary N) is 1. The number of carbonyl (C=O) groups is 1. The third kappa shape index (κ3) is 4.59. The quantitative estimate of drug-likeness (QED) is 0.513. The summed E-state index contributed by atoms with van der Waals surface area (Å²) in [5.74, 6) is 2.15. The summed E-state index contributed by atoms with van der Waals surface area (Å²) in [6.45, 7) is 2.59. The Bertz CT molecular complexity index is 858. The average molecular weight is 386 g/mol. The topological polar surface area (TPSA) is 47.6 Å². The van der Waals surface area contributed by atoms with Crippen molar-refractivity contribution in [1.82, 2.24) is 0 Å². The maximum atomic E-state index is 12.4. The van der Waals surface area contributed by atoms with Crippen LogP contribution in [0.4, 0.5) is 5.69 Å². The molecule has 0 saturated carbocycles. The Morgan fingerprint density at radius 2 is 1.62 bits per heavy atom. The summed E-state index contributed by atoms with van der Waals surface area (Å²) in [5.41, 5.74) is 0.731. The van der Waals surface area contributed by atoms with Crippen molar-refractivity contribution in [1.29, 1.82) is 0 Å². The predicted octanol–water partition coefficient (Wildman–Crippen LogP) is 5.91. The molecule has 0 radical (unpaired) electrons. The van der Waals surface area contributed by atoms with Gasteiger partial charge in [0.15, 0.2) is 0 Å². The minimum Gasteiger partial charge on any atom is -0.494 e. The summed E-state index contributed by atoms with van der Waals surface area (Å²) in [6.07, 6.45) is 1.96. The van der Waals surface area contributed by atoms with Gasteiger partial charge in [-0.25, -0.2) is 0 Å². The van der Waals surface area contributed by atoms with Gasteiger partial charge in [-0.2, -0.15) is 0 Å². The smallest absolute Gasteiger partial charge is 0.266 e. The molecule has 4 nitrogen and oxygen atoms in total. The minimum atomic E-state index is -0.0930. The van der Waals surface area contributed by atoms with Crippen LogP contribution in [0.3, 0.4) is 0 Å². The van der Waals surface area contributed by atoms with Gasteiger partial charge in [-0.1, -0.05) is 0 Å². The first-order valence-electron chi connectivity index (χ1n) is 8.13. The molecule has 0 aliphatic heterocycles. The first kappa shape index (κ1) is 18.4. The molecule has 1 aromatic heterocycles. The molecule has 26 heavy (non-hydrogen) atoms. The van der Waals surface area contributed by atoms with Crippen molar-refractivity contribution >= 4 is 34.7 Å². The zero-order valence-electron chi connectivity index (χ0n) is 14.5. The van der Waals surface area contributed by atoms with E-state index in [9.17, 15) is 4.79 Å². The normalized spacial score (nSPS) is 10.4. The van der Waals surface area contributed by atoms with Crippen molar-refractivity contribution < 1.29 is 14.3 Å². The molecule has 134 valence electrons. The van der Waals surface area contributed by atoms with E-state index >= 15 is 0 Å². The molecule has 0 saturated heterocycles. The standard InChI is InChI=1S/C20H19NO3S2/c1-3-23-15-8-10-17(11-9-15)24-16-6-4-14(5-7-16)21-20(22)19-18(25-2)12-13-26-19/h4-13H,3H2,1-2H3,(H,21,22). The molecule has 3 rings (SSSR count). The van der Waals surface area contributed by atoms with E-state index in [1.165, 1.54) is 11.3 Å². The first-order chi connectivity index (χ1) is 12.7. The Balaban J connectivity index is 1.62. The lowest BCUT2D eigenvalue weighted by Crippen LogP contribution is -2.10. The highest BCUT2D eigenvalue weighted by atomic mass is 32.2. The highest BCUT2D eigenvalue weighted by Crippen LogP contribution is 2.28. The highest BCUT2D eigenvalue weighted by molar-refractivity contribution is 7.98. The molecule has 2 aromatic carbocycles. The molecule has 3 aromatic rings. The summed E-state index contributed by atoms with van der Waals surface area (Å²) in [7, 11) is 0. The Morgan fingerprint density at radius 3 is 2.23 bits per heavy atom. The molecule has 1 heterocycles. The second-order valence-corrected chi connectivity index (χ2v) is 7.07. The third-order valence-corrected chi connectivity index (χ3v) is 5.36. The fourth-order valence-corrected chi connectivity index (χ4v) is 3.97. The molecule has 1 amide bonds. The number of rotatable bonds is 7. The van der Waals surface area contributed by atoms with Crippen molar-refractivity contribution in [3.05, 3.63) is 64.9 Å². The second-order valence-electron chi connectivity index (χ2n) is 5.30. The minimum absolute atomic E-state index is 0.0930. The zero-order valence-corrected chi connectivity index (χ0v) is 16.2. The zero-order chi connectivity index (χ0) is 18.4. The molecule has 6 heteroatoms. The first-order valence-corrected chi connectivity index (χ1v) is 10.2. The number of benzene rings is 2. The van der Waals surface area contributed by atoms with Crippen molar-refractivity contribution in [2.24, 2.45) is 0 Å². The lowest BCUT2D eigenvalue weighted by Gasteiger charge is -2.09. The Hall–Kier alpha value is -2.44. The van der Waals surface area contributed by atoms with Gasteiger partial charge in [0.2, 0.25) is 0 Å². The van der Waals surface area contributed by atoms with Gasteiger partial charge in [-0.3, -0.25) is 4.79 Å². The number of amides is 1.